The standard InChI is InChI=1S/C27H22O2/c1-15-13-14-23-22-12-6-11-21(27(22)29-25(23)17(15)3)20-10-5-9-19-18-8-4-7-16(2)24(18)28-26(19)20/h4-15,17H,1-3H3. The summed E-state index contributed by atoms with van der Waals surface area (Å²) in [5, 5.41) is 3.49. The lowest BCUT2D eigenvalue weighted by molar-refractivity contribution is 0.451. The van der Waals surface area contributed by atoms with Crippen LogP contribution in [0.4, 0.5) is 0 Å². The third kappa shape index (κ3) is 2.23. The molecule has 142 valence electrons. The van der Waals surface area contributed by atoms with Crippen LogP contribution in [0.3, 0.4) is 0 Å². The van der Waals surface area contributed by atoms with Gasteiger partial charge in [0.1, 0.15) is 22.5 Å². The van der Waals surface area contributed by atoms with E-state index in [0.717, 1.165) is 50.0 Å². The average molecular weight is 378 g/mol. The van der Waals surface area contributed by atoms with E-state index < -0.39 is 0 Å². The Labute approximate surface area is 169 Å². The third-order valence-electron chi connectivity index (χ3n) is 6.56. The van der Waals surface area contributed by atoms with Crippen molar-refractivity contribution in [3.8, 4) is 11.1 Å². The molecular weight excluding hydrogens is 356 g/mol. The molecule has 2 nitrogen and oxygen atoms in total. The average Bonchev–Trinajstić information content (AvgIpc) is 3.30. The second-order valence-corrected chi connectivity index (χ2v) is 8.31. The van der Waals surface area contributed by atoms with E-state index in [1.165, 1.54) is 10.9 Å². The lowest BCUT2D eigenvalue weighted by Gasteiger charge is -2.19. The van der Waals surface area contributed by atoms with Crippen LogP contribution in [0, 0.1) is 12.8 Å². The Morgan fingerprint density at radius 2 is 1.31 bits per heavy atom. The lowest BCUT2D eigenvalue weighted by atomic mass is 9.86. The summed E-state index contributed by atoms with van der Waals surface area (Å²) in [4.78, 5) is 0. The molecule has 0 saturated heterocycles. The summed E-state index contributed by atoms with van der Waals surface area (Å²) in [6.07, 6.45) is 4.51. The smallest absolute Gasteiger partial charge is 0.143 e. The minimum Gasteiger partial charge on any atom is -0.459 e. The SMILES string of the molecule is Cc1cccc2c1oc1c(-c3cccc4c5c(oc34)C(C)C(C)C=C5)cccc12. The molecular formula is C27H22O2. The summed E-state index contributed by atoms with van der Waals surface area (Å²) in [5.41, 5.74) is 7.39. The van der Waals surface area contributed by atoms with Gasteiger partial charge in [0.2, 0.25) is 0 Å². The predicted octanol–water partition coefficient (Wildman–Crippen LogP) is 8.07. The Hall–Kier alpha value is -3.26. The highest BCUT2D eigenvalue weighted by molar-refractivity contribution is 6.12. The first-order chi connectivity index (χ1) is 14.1. The third-order valence-corrected chi connectivity index (χ3v) is 6.56. The number of para-hydroxylation sites is 3. The lowest BCUT2D eigenvalue weighted by Crippen LogP contribution is -2.07. The van der Waals surface area contributed by atoms with Crippen molar-refractivity contribution in [2.24, 2.45) is 5.92 Å². The van der Waals surface area contributed by atoms with Gasteiger partial charge >= 0.3 is 0 Å². The molecule has 1 aliphatic rings. The van der Waals surface area contributed by atoms with Crippen molar-refractivity contribution in [3.63, 3.8) is 0 Å². The molecule has 2 atom stereocenters. The number of allylic oxidation sites excluding steroid dienone is 1. The molecule has 0 aliphatic heterocycles. The normalized spacial score (nSPS) is 18.7. The molecule has 29 heavy (non-hydrogen) atoms. The summed E-state index contributed by atoms with van der Waals surface area (Å²) in [5.74, 6) is 1.95. The van der Waals surface area contributed by atoms with Gasteiger partial charge in [0.05, 0.1) is 0 Å². The van der Waals surface area contributed by atoms with Gasteiger partial charge in [-0.25, -0.2) is 0 Å². The number of hydrogen-bond acceptors (Lipinski definition) is 2. The van der Waals surface area contributed by atoms with E-state index in [1.807, 2.05) is 0 Å². The highest BCUT2D eigenvalue weighted by Crippen LogP contribution is 2.44. The summed E-state index contributed by atoms with van der Waals surface area (Å²) < 4.78 is 12.9. The molecule has 2 aromatic heterocycles. The highest BCUT2D eigenvalue weighted by Gasteiger charge is 2.26. The van der Waals surface area contributed by atoms with Crippen LogP contribution >= 0.6 is 0 Å². The fourth-order valence-corrected chi connectivity index (χ4v) is 4.71. The van der Waals surface area contributed by atoms with Crippen LogP contribution < -0.4 is 0 Å². The van der Waals surface area contributed by atoms with E-state index in [-0.39, 0.29) is 0 Å². The van der Waals surface area contributed by atoms with E-state index in [4.69, 9.17) is 8.83 Å². The Morgan fingerprint density at radius 1 is 0.690 bits per heavy atom. The van der Waals surface area contributed by atoms with Gasteiger partial charge in [-0.3, -0.25) is 0 Å². The van der Waals surface area contributed by atoms with Crippen molar-refractivity contribution >= 4 is 39.0 Å². The van der Waals surface area contributed by atoms with E-state index in [0.29, 0.717) is 11.8 Å². The summed E-state index contributed by atoms with van der Waals surface area (Å²) in [7, 11) is 0. The topological polar surface area (TPSA) is 26.3 Å². The Balaban J connectivity index is 1.68. The summed E-state index contributed by atoms with van der Waals surface area (Å²) >= 11 is 0. The largest absolute Gasteiger partial charge is 0.459 e. The van der Waals surface area contributed by atoms with Crippen LogP contribution in [0.5, 0.6) is 0 Å². The first-order valence-electron chi connectivity index (χ1n) is 10.3. The Bertz CT molecular complexity index is 1440. The number of benzene rings is 3. The maximum atomic E-state index is 6.51. The van der Waals surface area contributed by atoms with Crippen LogP contribution in [0.15, 0.2) is 69.5 Å². The van der Waals surface area contributed by atoms with Gasteiger partial charge < -0.3 is 8.83 Å². The Kier molecular flexibility index (Phi) is 3.37. The van der Waals surface area contributed by atoms with E-state index in [9.17, 15) is 0 Å². The fourth-order valence-electron chi connectivity index (χ4n) is 4.71. The number of hydrogen-bond donors (Lipinski definition) is 0. The maximum absolute atomic E-state index is 6.51. The van der Waals surface area contributed by atoms with Crippen molar-refractivity contribution in [1.29, 1.82) is 0 Å². The number of aryl methyl sites for hydroxylation is 1. The van der Waals surface area contributed by atoms with Crippen molar-refractivity contribution in [2.75, 3.05) is 0 Å². The molecule has 0 spiro atoms. The molecule has 0 radical (unpaired) electrons. The summed E-state index contributed by atoms with van der Waals surface area (Å²) in [6.45, 7) is 6.59. The van der Waals surface area contributed by atoms with Crippen molar-refractivity contribution in [2.45, 2.75) is 26.7 Å². The molecule has 6 rings (SSSR count). The molecule has 0 N–H and O–H groups in total. The van der Waals surface area contributed by atoms with E-state index in [1.54, 1.807) is 0 Å². The van der Waals surface area contributed by atoms with Gasteiger partial charge in [0, 0.05) is 38.8 Å². The molecule has 2 unspecified atom stereocenters. The number of fused-ring (bicyclic) bond motifs is 6. The fraction of sp³-hybridized carbons (Fsp3) is 0.185. The van der Waals surface area contributed by atoms with E-state index >= 15 is 0 Å². The van der Waals surface area contributed by atoms with E-state index in [2.05, 4.69) is 87.5 Å². The van der Waals surface area contributed by atoms with Gasteiger partial charge in [-0.1, -0.05) is 80.6 Å². The maximum Gasteiger partial charge on any atom is 0.143 e. The molecule has 3 aromatic carbocycles. The van der Waals surface area contributed by atoms with Crippen LogP contribution in [-0.4, -0.2) is 0 Å². The zero-order valence-electron chi connectivity index (χ0n) is 16.8. The van der Waals surface area contributed by atoms with Crippen molar-refractivity contribution < 1.29 is 8.83 Å². The molecule has 1 aliphatic carbocycles. The molecule has 5 aromatic rings. The zero-order chi connectivity index (χ0) is 19.7. The van der Waals surface area contributed by atoms with Gasteiger partial charge in [0.25, 0.3) is 0 Å². The van der Waals surface area contributed by atoms with Gasteiger partial charge in [-0.15, -0.1) is 0 Å². The van der Waals surface area contributed by atoms with Crippen LogP contribution in [0.1, 0.15) is 36.7 Å². The molecule has 0 amide bonds. The molecule has 0 saturated carbocycles. The van der Waals surface area contributed by atoms with Crippen molar-refractivity contribution in [1.82, 2.24) is 0 Å². The monoisotopic (exact) mass is 378 g/mol. The van der Waals surface area contributed by atoms with Crippen LogP contribution in [0.25, 0.3) is 50.1 Å². The molecule has 2 heteroatoms. The van der Waals surface area contributed by atoms with Crippen molar-refractivity contribution in [3.05, 3.63) is 77.6 Å². The summed E-state index contributed by atoms with van der Waals surface area (Å²) in [6, 6.07) is 19.1. The Morgan fingerprint density at radius 3 is 2.07 bits per heavy atom. The minimum absolute atomic E-state index is 0.375. The predicted molar refractivity (Wildman–Crippen MR) is 120 cm³/mol. The first kappa shape index (κ1) is 16.7. The number of furan rings is 2. The quantitative estimate of drug-likeness (QED) is 0.295. The van der Waals surface area contributed by atoms with Crippen LogP contribution in [0.2, 0.25) is 0 Å². The van der Waals surface area contributed by atoms with Crippen LogP contribution in [-0.2, 0) is 0 Å². The second-order valence-electron chi connectivity index (χ2n) is 8.31. The minimum atomic E-state index is 0.375. The molecule has 2 heterocycles. The zero-order valence-corrected chi connectivity index (χ0v) is 16.8. The van der Waals surface area contributed by atoms with Gasteiger partial charge in [0.15, 0.2) is 0 Å². The first-order valence-corrected chi connectivity index (χ1v) is 10.3. The van der Waals surface area contributed by atoms with Gasteiger partial charge in [-0.05, 0) is 18.4 Å². The number of rotatable bonds is 1. The van der Waals surface area contributed by atoms with Gasteiger partial charge in [-0.2, -0.15) is 0 Å². The highest BCUT2D eigenvalue weighted by atomic mass is 16.3. The molecule has 0 bridgehead atoms. The second kappa shape index (κ2) is 5.87. The molecule has 0 fully saturated rings.